The molecule has 1 aromatic carbocycles. The summed E-state index contributed by atoms with van der Waals surface area (Å²) in [5.41, 5.74) is 1.37. The summed E-state index contributed by atoms with van der Waals surface area (Å²) in [5.74, 6) is -1.99. The second-order valence-corrected chi connectivity index (χ2v) is 6.38. The van der Waals surface area contributed by atoms with Crippen LogP contribution in [0.4, 0.5) is 20.2 Å². The van der Waals surface area contributed by atoms with Crippen molar-refractivity contribution in [2.24, 2.45) is 0 Å². The molecule has 1 saturated carbocycles. The first kappa shape index (κ1) is 17.3. The van der Waals surface area contributed by atoms with E-state index in [0.717, 1.165) is 37.8 Å². The van der Waals surface area contributed by atoms with Gasteiger partial charge in [0, 0.05) is 24.0 Å². The van der Waals surface area contributed by atoms with Gasteiger partial charge >= 0.3 is 0 Å². The molecule has 132 valence electrons. The predicted molar refractivity (Wildman–Crippen MR) is 92.8 cm³/mol. The van der Waals surface area contributed by atoms with Crippen LogP contribution in [0, 0.1) is 11.6 Å². The van der Waals surface area contributed by atoms with Crippen LogP contribution in [-0.2, 0) is 0 Å². The molecule has 1 aromatic heterocycles. The van der Waals surface area contributed by atoms with Crippen molar-refractivity contribution in [2.45, 2.75) is 44.6 Å². The maximum atomic E-state index is 13.3. The smallest absolute Gasteiger partial charge is 0.253 e. The summed E-state index contributed by atoms with van der Waals surface area (Å²) in [7, 11) is 0. The Morgan fingerprint density at radius 2 is 1.72 bits per heavy atom. The molecule has 0 saturated heterocycles. The van der Waals surface area contributed by atoms with Crippen molar-refractivity contribution in [3.8, 4) is 0 Å². The number of aromatic nitrogens is 1. The normalized spacial score (nSPS) is 15.4. The first-order valence-corrected chi connectivity index (χ1v) is 8.60. The van der Waals surface area contributed by atoms with Gasteiger partial charge in [-0.1, -0.05) is 25.7 Å². The monoisotopic (exact) mass is 345 g/mol. The summed E-state index contributed by atoms with van der Waals surface area (Å²) < 4.78 is 26.3. The molecule has 0 bridgehead atoms. The molecule has 1 fully saturated rings. The van der Waals surface area contributed by atoms with Crippen molar-refractivity contribution in [3.05, 3.63) is 53.9 Å². The number of rotatable bonds is 4. The van der Waals surface area contributed by atoms with E-state index in [1.165, 1.54) is 31.3 Å². The Kier molecular flexibility index (Phi) is 5.58. The van der Waals surface area contributed by atoms with Gasteiger partial charge in [0.25, 0.3) is 5.91 Å². The lowest BCUT2D eigenvalue weighted by molar-refractivity contribution is 0.0933. The molecule has 1 aliphatic rings. The van der Waals surface area contributed by atoms with Crippen LogP contribution in [0.25, 0.3) is 0 Å². The van der Waals surface area contributed by atoms with Crippen molar-refractivity contribution >= 4 is 17.3 Å². The number of halogens is 2. The van der Waals surface area contributed by atoms with E-state index in [0.29, 0.717) is 16.9 Å². The number of hydrogen-bond acceptors (Lipinski definition) is 3. The van der Waals surface area contributed by atoms with E-state index in [1.807, 2.05) is 0 Å². The fourth-order valence-electron chi connectivity index (χ4n) is 3.07. The molecule has 1 amide bonds. The highest BCUT2D eigenvalue weighted by molar-refractivity contribution is 5.95. The quantitative estimate of drug-likeness (QED) is 0.799. The summed E-state index contributed by atoms with van der Waals surface area (Å²) in [6.07, 6.45) is 9.77. The van der Waals surface area contributed by atoms with Gasteiger partial charge in [-0.25, -0.2) is 8.78 Å². The molecule has 0 aliphatic heterocycles. The topological polar surface area (TPSA) is 54.0 Å². The van der Waals surface area contributed by atoms with Gasteiger partial charge in [-0.05, 0) is 31.0 Å². The van der Waals surface area contributed by atoms with Gasteiger partial charge in [0.05, 0.1) is 17.4 Å². The third kappa shape index (κ3) is 4.75. The van der Waals surface area contributed by atoms with Crippen molar-refractivity contribution in [1.82, 2.24) is 10.3 Å². The van der Waals surface area contributed by atoms with Crippen molar-refractivity contribution in [3.63, 3.8) is 0 Å². The Morgan fingerprint density at radius 3 is 2.44 bits per heavy atom. The lowest BCUT2D eigenvalue weighted by atomic mass is 10.1. The van der Waals surface area contributed by atoms with Gasteiger partial charge < -0.3 is 10.6 Å². The first-order valence-electron chi connectivity index (χ1n) is 8.60. The zero-order valence-electron chi connectivity index (χ0n) is 13.9. The molecule has 3 rings (SSSR count). The molecule has 1 aliphatic carbocycles. The zero-order chi connectivity index (χ0) is 17.6. The second kappa shape index (κ2) is 8.05. The van der Waals surface area contributed by atoms with E-state index in [9.17, 15) is 13.6 Å². The predicted octanol–water partition coefficient (Wildman–Crippen LogP) is 4.56. The van der Waals surface area contributed by atoms with Crippen LogP contribution in [-0.4, -0.2) is 16.9 Å². The third-order valence-electron chi connectivity index (χ3n) is 4.40. The maximum Gasteiger partial charge on any atom is 0.253 e. The minimum atomic E-state index is -0.930. The molecular weight excluding hydrogens is 324 g/mol. The summed E-state index contributed by atoms with van der Waals surface area (Å²) in [5, 5.41) is 6.00. The highest BCUT2D eigenvalue weighted by atomic mass is 19.2. The minimum Gasteiger partial charge on any atom is -0.354 e. The van der Waals surface area contributed by atoms with Crippen LogP contribution in [0.3, 0.4) is 0 Å². The molecule has 2 N–H and O–H groups in total. The van der Waals surface area contributed by atoms with Crippen molar-refractivity contribution < 1.29 is 13.6 Å². The lowest BCUT2D eigenvalue weighted by Crippen LogP contribution is -2.34. The SMILES string of the molecule is O=C(NC1CCCCCC1)c1cncc(Nc2ccc(F)c(F)c2)c1. The molecule has 6 heteroatoms. The standard InChI is InChI=1S/C19H21F2N3O/c20-17-8-7-15(10-18(17)21)23-16-9-13(11-22-12-16)19(25)24-14-5-3-1-2-4-6-14/h7-12,14,23H,1-6H2,(H,24,25). The number of amides is 1. The van der Waals surface area contributed by atoms with Crippen molar-refractivity contribution in [1.29, 1.82) is 0 Å². The Balaban J connectivity index is 1.67. The van der Waals surface area contributed by atoms with E-state index >= 15 is 0 Å². The van der Waals surface area contributed by atoms with E-state index < -0.39 is 11.6 Å². The van der Waals surface area contributed by atoms with Crippen LogP contribution in [0.15, 0.2) is 36.7 Å². The van der Waals surface area contributed by atoms with Gasteiger partial charge in [-0.2, -0.15) is 0 Å². The molecule has 4 nitrogen and oxygen atoms in total. The molecule has 2 aromatic rings. The molecule has 0 unspecified atom stereocenters. The Morgan fingerprint density at radius 1 is 0.960 bits per heavy atom. The molecule has 0 spiro atoms. The Bertz CT molecular complexity index is 743. The average Bonchev–Trinajstić information content (AvgIpc) is 2.87. The number of pyridine rings is 1. The van der Waals surface area contributed by atoms with Gasteiger partial charge in [0.2, 0.25) is 0 Å². The van der Waals surface area contributed by atoms with Crippen LogP contribution >= 0.6 is 0 Å². The molecular formula is C19H21F2N3O. The first-order chi connectivity index (χ1) is 12.1. The third-order valence-corrected chi connectivity index (χ3v) is 4.40. The molecule has 0 radical (unpaired) electrons. The number of nitrogens with zero attached hydrogens (tertiary/aromatic N) is 1. The van der Waals surface area contributed by atoms with E-state index in [4.69, 9.17) is 0 Å². The highest BCUT2D eigenvalue weighted by Crippen LogP contribution is 2.20. The van der Waals surface area contributed by atoms with E-state index in [1.54, 1.807) is 6.07 Å². The van der Waals surface area contributed by atoms with Crippen LogP contribution in [0.1, 0.15) is 48.9 Å². The second-order valence-electron chi connectivity index (χ2n) is 6.38. The Labute approximate surface area is 145 Å². The maximum absolute atomic E-state index is 13.3. The fraction of sp³-hybridized carbons (Fsp3) is 0.368. The van der Waals surface area contributed by atoms with Gasteiger partial charge in [-0.15, -0.1) is 0 Å². The summed E-state index contributed by atoms with van der Waals surface area (Å²) in [6.45, 7) is 0. The number of hydrogen-bond donors (Lipinski definition) is 2. The van der Waals surface area contributed by atoms with E-state index in [2.05, 4.69) is 15.6 Å². The number of anilines is 2. The van der Waals surface area contributed by atoms with Gasteiger partial charge in [0.1, 0.15) is 0 Å². The number of carbonyl (C=O) groups is 1. The van der Waals surface area contributed by atoms with Gasteiger partial charge in [0.15, 0.2) is 11.6 Å². The molecule has 1 heterocycles. The number of nitrogens with one attached hydrogen (secondary N) is 2. The summed E-state index contributed by atoms with van der Waals surface area (Å²) in [6, 6.07) is 5.40. The van der Waals surface area contributed by atoms with Crippen LogP contribution in [0.5, 0.6) is 0 Å². The molecule has 0 atom stereocenters. The van der Waals surface area contributed by atoms with Crippen LogP contribution < -0.4 is 10.6 Å². The summed E-state index contributed by atoms with van der Waals surface area (Å²) in [4.78, 5) is 16.5. The van der Waals surface area contributed by atoms with Crippen molar-refractivity contribution in [2.75, 3.05) is 5.32 Å². The highest BCUT2D eigenvalue weighted by Gasteiger charge is 2.16. The van der Waals surface area contributed by atoms with Gasteiger partial charge in [-0.3, -0.25) is 9.78 Å². The zero-order valence-corrected chi connectivity index (χ0v) is 13.9. The lowest BCUT2D eigenvalue weighted by Gasteiger charge is -2.16. The van der Waals surface area contributed by atoms with E-state index in [-0.39, 0.29) is 11.9 Å². The number of benzene rings is 1. The minimum absolute atomic E-state index is 0.159. The summed E-state index contributed by atoms with van der Waals surface area (Å²) >= 11 is 0. The largest absolute Gasteiger partial charge is 0.354 e. The number of carbonyl (C=O) groups excluding carboxylic acids is 1. The Hall–Kier alpha value is -2.50. The van der Waals surface area contributed by atoms with Crippen LogP contribution in [0.2, 0.25) is 0 Å². The average molecular weight is 345 g/mol. The molecule has 25 heavy (non-hydrogen) atoms. The fourth-order valence-corrected chi connectivity index (χ4v) is 3.07.